The zero-order chi connectivity index (χ0) is 24.6. The largest absolute Gasteiger partial charge is 0.454 e. The third-order valence-electron chi connectivity index (χ3n) is 6.20. The van der Waals surface area contributed by atoms with Gasteiger partial charge in [0.25, 0.3) is 0 Å². The topological polar surface area (TPSA) is 65.7 Å². The zero-order valence-electron chi connectivity index (χ0n) is 18.7. The highest BCUT2D eigenvalue weighted by Gasteiger charge is 2.34. The Balaban J connectivity index is 1.53. The van der Waals surface area contributed by atoms with Crippen LogP contribution in [-0.2, 0) is 6.18 Å². The molecule has 1 fully saturated rings. The number of nitrogens with one attached hydrogen (secondary N) is 1. The Kier molecular flexibility index (Phi) is 5.98. The summed E-state index contributed by atoms with van der Waals surface area (Å²) in [6, 6.07) is 18.3. The molecule has 5 rings (SSSR count). The SMILES string of the molecule is O=c1cc(-c2ccccc2C(F)(F)F)oc2c(NC(O)c3cccc(N4CCCC4)c3)cccc12. The van der Waals surface area contributed by atoms with Crippen molar-refractivity contribution in [2.45, 2.75) is 25.2 Å². The molecule has 0 saturated carbocycles. The minimum absolute atomic E-state index is 0.0710. The lowest BCUT2D eigenvalue weighted by Crippen LogP contribution is -2.18. The van der Waals surface area contributed by atoms with Gasteiger partial charge in [-0.05, 0) is 43.2 Å². The van der Waals surface area contributed by atoms with Crippen molar-refractivity contribution in [3.05, 3.63) is 94.1 Å². The van der Waals surface area contributed by atoms with Crippen molar-refractivity contribution in [1.29, 1.82) is 0 Å². The highest BCUT2D eigenvalue weighted by Crippen LogP contribution is 2.38. The fourth-order valence-electron chi connectivity index (χ4n) is 4.47. The molecule has 1 saturated heterocycles. The number of rotatable bonds is 5. The molecule has 2 N–H and O–H groups in total. The number of hydrogen-bond donors (Lipinski definition) is 2. The Hall–Kier alpha value is -3.78. The normalized spacial score (nSPS) is 14.9. The molecule has 2 heterocycles. The smallest absolute Gasteiger partial charge is 0.417 e. The number of para-hydroxylation sites is 1. The Labute approximate surface area is 199 Å². The summed E-state index contributed by atoms with van der Waals surface area (Å²) in [6.45, 7) is 1.92. The van der Waals surface area contributed by atoms with Gasteiger partial charge < -0.3 is 19.7 Å². The monoisotopic (exact) mass is 480 g/mol. The Bertz CT molecular complexity index is 1430. The van der Waals surface area contributed by atoms with E-state index in [1.165, 1.54) is 24.3 Å². The Morgan fingerprint density at radius 1 is 0.943 bits per heavy atom. The van der Waals surface area contributed by atoms with E-state index in [2.05, 4.69) is 10.2 Å². The van der Waals surface area contributed by atoms with Crippen molar-refractivity contribution in [3.8, 4) is 11.3 Å². The Morgan fingerprint density at radius 3 is 2.46 bits per heavy atom. The van der Waals surface area contributed by atoms with E-state index in [4.69, 9.17) is 4.42 Å². The lowest BCUT2D eigenvalue weighted by Gasteiger charge is -2.21. The van der Waals surface area contributed by atoms with Gasteiger partial charge in [0, 0.05) is 36.0 Å². The molecule has 0 radical (unpaired) electrons. The first kappa shape index (κ1) is 23.0. The summed E-state index contributed by atoms with van der Waals surface area (Å²) >= 11 is 0. The van der Waals surface area contributed by atoms with Crippen molar-refractivity contribution in [2.75, 3.05) is 23.3 Å². The summed E-state index contributed by atoms with van der Waals surface area (Å²) in [5, 5.41) is 14.1. The molecule has 1 aliphatic rings. The molecule has 1 atom stereocenters. The number of halogens is 3. The van der Waals surface area contributed by atoms with Crippen LogP contribution in [0, 0.1) is 0 Å². The molecule has 35 heavy (non-hydrogen) atoms. The second-order valence-electron chi connectivity index (χ2n) is 8.54. The number of nitrogens with zero attached hydrogens (tertiary/aromatic N) is 1. The molecule has 5 nitrogen and oxygen atoms in total. The molecule has 1 unspecified atom stereocenters. The molecule has 0 bridgehead atoms. The summed E-state index contributed by atoms with van der Waals surface area (Å²) in [5.41, 5.74) is 0.391. The molecular formula is C27H23F3N2O3. The first-order chi connectivity index (χ1) is 16.8. The predicted octanol–water partition coefficient (Wildman–Crippen LogP) is 6.18. The predicted molar refractivity (Wildman–Crippen MR) is 129 cm³/mol. The van der Waals surface area contributed by atoms with E-state index in [1.807, 2.05) is 18.2 Å². The van der Waals surface area contributed by atoms with E-state index in [-0.39, 0.29) is 22.3 Å². The van der Waals surface area contributed by atoms with Gasteiger partial charge >= 0.3 is 6.18 Å². The second kappa shape index (κ2) is 9.11. The van der Waals surface area contributed by atoms with Crippen LogP contribution in [0.5, 0.6) is 0 Å². The van der Waals surface area contributed by atoms with Gasteiger partial charge in [0.05, 0.1) is 16.6 Å². The van der Waals surface area contributed by atoms with E-state index >= 15 is 0 Å². The molecule has 8 heteroatoms. The summed E-state index contributed by atoms with van der Waals surface area (Å²) in [5.74, 6) is -0.199. The average Bonchev–Trinajstić information content (AvgIpc) is 3.39. The third kappa shape index (κ3) is 4.61. The van der Waals surface area contributed by atoms with Crippen LogP contribution in [0.3, 0.4) is 0 Å². The molecule has 4 aromatic rings. The van der Waals surface area contributed by atoms with Crippen LogP contribution in [0.1, 0.15) is 30.2 Å². The van der Waals surface area contributed by atoms with Crippen molar-refractivity contribution in [1.82, 2.24) is 0 Å². The number of benzene rings is 3. The number of aliphatic hydroxyl groups excluding tert-OH is 1. The molecule has 180 valence electrons. The van der Waals surface area contributed by atoms with Crippen LogP contribution in [0.25, 0.3) is 22.3 Å². The van der Waals surface area contributed by atoms with E-state index in [1.54, 1.807) is 18.2 Å². The van der Waals surface area contributed by atoms with Gasteiger partial charge in [0.15, 0.2) is 17.2 Å². The highest BCUT2D eigenvalue weighted by atomic mass is 19.4. The summed E-state index contributed by atoms with van der Waals surface area (Å²) in [4.78, 5) is 15.0. The number of hydrogen-bond acceptors (Lipinski definition) is 5. The maximum absolute atomic E-state index is 13.6. The maximum atomic E-state index is 13.6. The molecule has 0 amide bonds. The van der Waals surface area contributed by atoms with Crippen LogP contribution in [-0.4, -0.2) is 18.2 Å². The van der Waals surface area contributed by atoms with Crippen LogP contribution in [0.4, 0.5) is 24.5 Å². The van der Waals surface area contributed by atoms with E-state index in [0.29, 0.717) is 11.3 Å². The lowest BCUT2D eigenvalue weighted by molar-refractivity contribution is -0.137. The number of anilines is 2. The van der Waals surface area contributed by atoms with Crippen LogP contribution in [0.15, 0.2) is 82.0 Å². The number of alkyl halides is 3. The first-order valence-corrected chi connectivity index (χ1v) is 11.3. The van der Waals surface area contributed by atoms with Gasteiger partial charge in [-0.2, -0.15) is 13.2 Å². The molecule has 0 aliphatic carbocycles. The maximum Gasteiger partial charge on any atom is 0.417 e. The van der Waals surface area contributed by atoms with Crippen LogP contribution in [0.2, 0.25) is 0 Å². The van der Waals surface area contributed by atoms with Crippen molar-refractivity contribution >= 4 is 22.3 Å². The van der Waals surface area contributed by atoms with Crippen molar-refractivity contribution in [3.63, 3.8) is 0 Å². The van der Waals surface area contributed by atoms with E-state index in [0.717, 1.165) is 43.8 Å². The average molecular weight is 480 g/mol. The fourth-order valence-corrected chi connectivity index (χ4v) is 4.47. The summed E-state index contributed by atoms with van der Waals surface area (Å²) in [7, 11) is 0. The molecular weight excluding hydrogens is 457 g/mol. The fraction of sp³-hybridized carbons (Fsp3) is 0.222. The van der Waals surface area contributed by atoms with Gasteiger partial charge in [-0.1, -0.05) is 36.4 Å². The lowest BCUT2D eigenvalue weighted by atomic mass is 10.0. The van der Waals surface area contributed by atoms with Crippen molar-refractivity contribution < 1.29 is 22.7 Å². The first-order valence-electron chi connectivity index (χ1n) is 11.3. The molecule has 0 spiro atoms. The quantitative estimate of drug-likeness (QED) is 0.334. The molecule has 3 aromatic carbocycles. The van der Waals surface area contributed by atoms with Gasteiger partial charge in [-0.15, -0.1) is 0 Å². The standard InChI is InChI=1S/C27H23F3N2O3/c28-27(29,30)21-11-2-1-9-19(21)24-16-23(33)20-10-6-12-22(25(20)35-24)31-26(34)17-7-5-8-18(15-17)32-13-3-4-14-32/h1-2,5-12,15-16,26,31,34H,3-4,13-14H2. The van der Waals surface area contributed by atoms with Gasteiger partial charge in [0.1, 0.15) is 5.76 Å². The van der Waals surface area contributed by atoms with Gasteiger partial charge in [-0.3, -0.25) is 4.79 Å². The highest BCUT2D eigenvalue weighted by molar-refractivity contribution is 5.89. The summed E-state index contributed by atoms with van der Waals surface area (Å²) < 4.78 is 46.5. The molecule has 1 aromatic heterocycles. The van der Waals surface area contributed by atoms with Crippen molar-refractivity contribution in [2.24, 2.45) is 0 Å². The van der Waals surface area contributed by atoms with Crippen LogP contribution < -0.4 is 15.6 Å². The minimum atomic E-state index is -4.61. The van der Waals surface area contributed by atoms with Gasteiger partial charge in [-0.25, -0.2) is 0 Å². The third-order valence-corrected chi connectivity index (χ3v) is 6.20. The van der Waals surface area contributed by atoms with Gasteiger partial charge in [0.2, 0.25) is 0 Å². The Morgan fingerprint density at radius 2 is 1.69 bits per heavy atom. The second-order valence-corrected chi connectivity index (χ2v) is 8.54. The summed E-state index contributed by atoms with van der Waals surface area (Å²) in [6.07, 6.45) is -3.49. The zero-order valence-corrected chi connectivity index (χ0v) is 18.7. The van der Waals surface area contributed by atoms with Crippen LogP contribution >= 0.6 is 0 Å². The molecule has 1 aliphatic heterocycles. The van der Waals surface area contributed by atoms with E-state index < -0.39 is 23.4 Å². The van der Waals surface area contributed by atoms with E-state index in [9.17, 15) is 23.1 Å². The minimum Gasteiger partial charge on any atom is -0.454 e. The number of aliphatic hydroxyl groups is 1. The number of fused-ring (bicyclic) bond motifs is 1.